The van der Waals surface area contributed by atoms with E-state index in [-0.39, 0.29) is 17.4 Å². The van der Waals surface area contributed by atoms with E-state index in [1.165, 1.54) is 11.7 Å². The Morgan fingerprint density at radius 1 is 1.37 bits per heavy atom. The van der Waals surface area contributed by atoms with Crippen molar-refractivity contribution in [3.05, 3.63) is 11.5 Å². The third-order valence-corrected chi connectivity index (χ3v) is 3.02. The normalized spacial score (nSPS) is 12.8. The van der Waals surface area contributed by atoms with Gasteiger partial charge < -0.3 is 4.57 Å². The van der Waals surface area contributed by atoms with Crippen LogP contribution in [0.3, 0.4) is 0 Å². The third kappa shape index (κ3) is 2.29. The summed E-state index contributed by atoms with van der Waals surface area (Å²) in [5.74, 6) is -4.17. The molecule has 0 N–H and O–H groups in total. The fourth-order valence-electron chi connectivity index (χ4n) is 1.93. The van der Waals surface area contributed by atoms with Gasteiger partial charge in [0.25, 0.3) is 0 Å². The number of fused-ring (bicyclic) bond motifs is 1. The molecule has 2 rings (SSSR count). The number of alkyl halides is 5. The number of imidazole rings is 1. The molecule has 0 amide bonds. The Morgan fingerprint density at radius 3 is 2.53 bits per heavy atom. The first kappa shape index (κ1) is 14.1. The van der Waals surface area contributed by atoms with Crippen LogP contribution in [0.1, 0.15) is 11.5 Å². The SMILES string of the molecule is Cc1nn(C)c2c1nc(CCl)n2CC(F)(F)C(F)F. The molecule has 0 saturated carbocycles. The maximum atomic E-state index is 13.2. The molecule has 2 aromatic rings. The zero-order valence-electron chi connectivity index (χ0n) is 10.2. The number of rotatable bonds is 4. The molecule has 0 aliphatic carbocycles. The number of aryl methyl sites for hydroxylation is 2. The fourth-order valence-corrected chi connectivity index (χ4v) is 2.13. The zero-order chi connectivity index (χ0) is 14.4. The van der Waals surface area contributed by atoms with Gasteiger partial charge in [0.15, 0.2) is 5.65 Å². The van der Waals surface area contributed by atoms with Crippen molar-refractivity contribution in [2.75, 3.05) is 0 Å². The minimum atomic E-state index is -4.15. The molecular weight excluding hydrogens is 288 g/mol. The summed E-state index contributed by atoms with van der Waals surface area (Å²) >= 11 is 5.63. The molecule has 0 bridgehead atoms. The largest absolute Gasteiger partial charge is 0.324 e. The van der Waals surface area contributed by atoms with Crippen molar-refractivity contribution in [1.29, 1.82) is 0 Å². The molecule has 9 heteroatoms. The van der Waals surface area contributed by atoms with Crippen LogP contribution in [0.25, 0.3) is 11.2 Å². The van der Waals surface area contributed by atoms with Crippen LogP contribution in [-0.4, -0.2) is 31.7 Å². The first-order valence-electron chi connectivity index (χ1n) is 5.38. The fraction of sp³-hybridized carbons (Fsp3) is 0.600. The lowest BCUT2D eigenvalue weighted by Crippen LogP contribution is -2.33. The quantitative estimate of drug-likeness (QED) is 0.643. The molecule has 0 aliphatic heterocycles. The standard InChI is InChI=1S/C10H11ClF4N4/c1-5-7-8(18(2)17-5)19(6(3-11)16-7)4-10(14,15)9(12)13/h9H,3-4H2,1-2H3. The van der Waals surface area contributed by atoms with Crippen LogP contribution in [0.15, 0.2) is 0 Å². The van der Waals surface area contributed by atoms with E-state index in [1.54, 1.807) is 6.92 Å². The highest BCUT2D eigenvalue weighted by Gasteiger charge is 2.42. The van der Waals surface area contributed by atoms with Crippen LogP contribution in [0.5, 0.6) is 0 Å². The summed E-state index contributed by atoms with van der Waals surface area (Å²) in [6.07, 6.45) is -3.75. The van der Waals surface area contributed by atoms with Crippen LogP contribution in [0.2, 0.25) is 0 Å². The summed E-state index contributed by atoms with van der Waals surface area (Å²) < 4.78 is 53.4. The Kier molecular flexibility index (Phi) is 3.46. The minimum Gasteiger partial charge on any atom is -0.306 e. The van der Waals surface area contributed by atoms with Crippen LogP contribution < -0.4 is 0 Å². The van der Waals surface area contributed by atoms with Gasteiger partial charge >= 0.3 is 12.3 Å². The maximum absolute atomic E-state index is 13.2. The van der Waals surface area contributed by atoms with Crippen molar-refractivity contribution in [2.24, 2.45) is 7.05 Å². The maximum Gasteiger partial charge on any atom is 0.324 e. The van der Waals surface area contributed by atoms with Gasteiger partial charge in [0.05, 0.1) is 18.1 Å². The number of aromatic nitrogens is 4. The first-order valence-corrected chi connectivity index (χ1v) is 5.92. The van der Waals surface area contributed by atoms with E-state index in [9.17, 15) is 17.6 Å². The smallest absolute Gasteiger partial charge is 0.306 e. The lowest BCUT2D eigenvalue weighted by atomic mass is 10.3. The molecule has 0 radical (unpaired) electrons. The first-order chi connectivity index (χ1) is 8.77. The van der Waals surface area contributed by atoms with Gasteiger partial charge in [-0.15, -0.1) is 11.6 Å². The molecule has 0 fully saturated rings. The van der Waals surface area contributed by atoms with Crippen molar-refractivity contribution < 1.29 is 17.6 Å². The predicted molar refractivity (Wildman–Crippen MR) is 61.7 cm³/mol. The van der Waals surface area contributed by atoms with Gasteiger partial charge in [-0.2, -0.15) is 13.9 Å². The van der Waals surface area contributed by atoms with E-state index in [2.05, 4.69) is 10.1 Å². The number of halogens is 5. The zero-order valence-corrected chi connectivity index (χ0v) is 10.9. The lowest BCUT2D eigenvalue weighted by molar-refractivity contribution is -0.137. The molecule has 106 valence electrons. The molecule has 2 heterocycles. The second kappa shape index (κ2) is 4.66. The Morgan fingerprint density at radius 2 is 2.00 bits per heavy atom. The van der Waals surface area contributed by atoms with Crippen LogP contribution in [-0.2, 0) is 19.5 Å². The molecule has 2 aromatic heterocycles. The average molecular weight is 299 g/mol. The molecule has 0 atom stereocenters. The van der Waals surface area contributed by atoms with Crippen molar-refractivity contribution >= 4 is 22.8 Å². The molecule has 0 aliphatic rings. The van der Waals surface area contributed by atoms with Gasteiger partial charge in [-0.25, -0.2) is 13.8 Å². The highest BCUT2D eigenvalue weighted by Crippen LogP contribution is 2.29. The monoisotopic (exact) mass is 298 g/mol. The molecule has 0 saturated heterocycles. The van der Waals surface area contributed by atoms with Gasteiger partial charge in [0, 0.05) is 7.05 Å². The molecule has 0 unspecified atom stereocenters. The lowest BCUT2D eigenvalue weighted by Gasteiger charge is -2.17. The molecule has 0 aromatic carbocycles. The van der Waals surface area contributed by atoms with Gasteiger partial charge in [-0.1, -0.05) is 0 Å². The van der Waals surface area contributed by atoms with E-state index >= 15 is 0 Å². The number of hydrogen-bond donors (Lipinski definition) is 0. The Bertz CT molecular complexity index is 604. The van der Waals surface area contributed by atoms with Crippen LogP contribution in [0.4, 0.5) is 17.6 Å². The Labute approximate surface area is 111 Å². The van der Waals surface area contributed by atoms with Gasteiger partial charge in [-0.3, -0.25) is 4.68 Å². The topological polar surface area (TPSA) is 35.6 Å². The second-order valence-corrected chi connectivity index (χ2v) is 4.46. The van der Waals surface area contributed by atoms with Crippen LogP contribution in [0, 0.1) is 6.92 Å². The molecule has 0 spiro atoms. The van der Waals surface area contributed by atoms with E-state index < -0.39 is 18.9 Å². The second-order valence-electron chi connectivity index (χ2n) is 4.19. The Hall–Kier alpha value is -1.31. The third-order valence-electron chi connectivity index (χ3n) is 2.78. The minimum absolute atomic E-state index is 0.119. The summed E-state index contributed by atoms with van der Waals surface area (Å²) in [6, 6.07) is 0. The number of nitrogens with zero attached hydrogens (tertiary/aromatic N) is 4. The average Bonchev–Trinajstić information content (AvgIpc) is 2.78. The summed E-state index contributed by atoms with van der Waals surface area (Å²) in [6.45, 7) is 0.477. The molecule has 19 heavy (non-hydrogen) atoms. The summed E-state index contributed by atoms with van der Waals surface area (Å²) in [5, 5.41) is 4.02. The van der Waals surface area contributed by atoms with Crippen molar-refractivity contribution in [3.63, 3.8) is 0 Å². The predicted octanol–water partition coefficient (Wildman–Crippen LogP) is 2.72. The number of hydrogen-bond acceptors (Lipinski definition) is 2. The summed E-state index contributed by atoms with van der Waals surface area (Å²) in [5.41, 5.74) is 1.18. The van der Waals surface area contributed by atoms with Crippen molar-refractivity contribution in [3.8, 4) is 0 Å². The highest BCUT2D eigenvalue weighted by molar-refractivity contribution is 6.16. The summed E-state index contributed by atoms with van der Waals surface area (Å²) in [4.78, 5) is 4.06. The van der Waals surface area contributed by atoms with E-state index in [0.29, 0.717) is 11.2 Å². The molecular formula is C10H11ClF4N4. The van der Waals surface area contributed by atoms with Gasteiger partial charge in [-0.05, 0) is 6.92 Å². The van der Waals surface area contributed by atoms with E-state index in [0.717, 1.165) is 4.57 Å². The summed E-state index contributed by atoms with van der Waals surface area (Å²) in [7, 11) is 1.53. The van der Waals surface area contributed by atoms with Gasteiger partial charge in [0.1, 0.15) is 11.3 Å². The van der Waals surface area contributed by atoms with E-state index in [4.69, 9.17) is 11.6 Å². The van der Waals surface area contributed by atoms with Gasteiger partial charge in [0.2, 0.25) is 0 Å². The van der Waals surface area contributed by atoms with Crippen LogP contribution >= 0.6 is 11.6 Å². The highest BCUT2D eigenvalue weighted by atomic mass is 35.5. The van der Waals surface area contributed by atoms with Crippen molar-refractivity contribution in [2.45, 2.75) is 31.7 Å². The van der Waals surface area contributed by atoms with E-state index in [1.807, 2.05) is 0 Å². The molecule has 4 nitrogen and oxygen atoms in total. The Balaban J connectivity index is 2.58. The van der Waals surface area contributed by atoms with Crippen molar-refractivity contribution in [1.82, 2.24) is 19.3 Å².